The van der Waals surface area contributed by atoms with Gasteiger partial charge in [-0.2, -0.15) is 5.10 Å². The summed E-state index contributed by atoms with van der Waals surface area (Å²) in [6, 6.07) is 6.57. The Hall–Kier alpha value is -3.18. The van der Waals surface area contributed by atoms with Gasteiger partial charge in [0.15, 0.2) is 0 Å². The van der Waals surface area contributed by atoms with Crippen molar-refractivity contribution in [3.63, 3.8) is 0 Å². The van der Waals surface area contributed by atoms with E-state index in [2.05, 4.69) is 15.4 Å². The third-order valence-corrected chi connectivity index (χ3v) is 6.74. The largest absolute Gasteiger partial charge is 0.365 e. The normalized spacial score (nSPS) is 11.4. The highest BCUT2D eigenvalue weighted by atomic mass is 32.1. The zero-order valence-electron chi connectivity index (χ0n) is 16.7. The summed E-state index contributed by atoms with van der Waals surface area (Å²) < 4.78 is 28.4. The molecule has 31 heavy (non-hydrogen) atoms. The number of aryl methyl sites for hydroxylation is 3. The van der Waals surface area contributed by atoms with Gasteiger partial charge in [0.2, 0.25) is 0 Å². The SMILES string of the molecule is Cc1cc(C(=O)Nc2c(C(N)=O)sc3nc(C(F)F)cc(-c4ccc(C)s4)c23)n(C)n1. The van der Waals surface area contributed by atoms with Crippen LogP contribution in [0, 0.1) is 13.8 Å². The molecule has 0 fully saturated rings. The van der Waals surface area contributed by atoms with E-state index in [1.165, 1.54) is 22.1 Å². The van der Waals surface area contributed by atoms with E-state index in [-0.39, 0.29) is 21.1 Å². The number of fused-ring (bicyclic) bond motifs is 1. The first-order valence-electron chi connectivity index (χ1n) is 9.10. The Bertz CT molecular complexity index is 1340. The minimum absolute atomic E-state index is 0.0377. The molecule has 0 bridgehead atoms. The molecule has 0 aromatic carbocycles. The number of hydrogen-bond acceptors (Lipinski definition) is 6. The lowest BCUT2D eigenvalue weighted by Crippen LogP contribution is -2.19. The number of pyridine rings is 1. The van der Waals surface area contributed by atoms with Gasteiger partial charge < -0.3 is 11.1 Å². The molecule has 0 aliphatic heterocycles. The zero-order valence-corrected chi connectivity index (χ0v) is 18.3. The molecule has 4 heterocycles. The van der Waals surface area contributed by atoms with Crippen molar-refractivity contribution in [2.75, 3.05) is 5.32 Å². The van der Waals surface area contributed by atoms with Crippen LogP contribution >= 0.6 is 22.7 Å². The Labute approximate surface area is 183 Å². The number of amides is 2. The second-order valence-corrected chi connectivity index (χ2v) is 9.19. The number of nitrogens with zero attached hydrogens (tertiary/aromatic N) is 3. The fourth-order valence-electron chi connectivity index (χ4n) is 3.30. The molecule has 0 saturated carbocycles. The number of halogens is 2. The molecule has 0 spiro atoms. The lowest BCUT2D eigenvalue weighted by Gasteiger charge is -2.10. The third-order valence-electron chi connectivity index (χ3n) is 4.61. The molecular formula is C20H17F2N5O2S2. The number of primary amides is 1. The van der Waals surface area contributed by atoms with E-state index in [0.29, 0.717) is 21.5 Å². The number of aromatic nitrogens is 3. The Morgan fingerprint density at radius 3 is 2.48 bits per heavy atom. The second-order valence-electron chi connectivity index (χ2n) is 6.90. The van der Waals surface area contributed by atoms with Crippen molar-refractivity contribution in [1.82, 2.24) is 14.8 Å². The summed E-state index contributed by atoms with van der Waals surface area (Å²) in [5.41, 5.74) is 6.68. The first-order valence-corrected chi connectivity index (χ1v) is 10.7. The molecule has 4 aromatic rings. The van der Waals surface area contributed by atoms with Gasteiger partial charge in [0.05, 0.1) is 11.4 Å². The molecule has 0 aliphatic carbocycles. The fraction of sp³-hybridized carbons (Fsp3) is 0.200. The summed E-state index contributed by atoms with van der Waals surface area (Å²) in [6.07, 6.45) is -2.79. The second kappa shape index (κ2) is 7.82. The number of rotatable bonds is 5. The van der Waals surface area contributed by atoms with Crippen molar-refractivity contribution in [2.45, 2.75) is 20.3 Å². The number of carbonyl (C=O) groups excluding carboxylic acids is 2. The first-order chi connectivity index (χ1) is 14.7. The van der Waals surface area contributed by atoms with Crippen molar-refractivity contribution in [2.24, 2.45) is 12.8 Å². The highest BCUT2D eigenvalue weighted by molar-refractivity contribution is 7.21. The van der Waals surface area contributed by atoms with Gasteiger partial charge in [0.25, 0.3) is 18.2 Å². The van der Waals surface area contributed by atoms with Crippen molar-refractivity contribution in [3.05, 3.63) is 51.1 Å². The number of nitrogens with two attached hydrogens (primary N) is 1. The monoisotopic (exact) mass is 461 g/mol. The summed E-state index contributed by atoms with van der Waals surface area (Å²) in [7, 11) is 1.62. The van der Waals surface area contributed by atoms with Crippen molar-refractivity contribution >= 4 is 50.4 Å². The van der Waals surface area contributed by atoms with E-state index < -0.39 is 23.9 Å². The van der Waals surface area contributed by atoms with Crippen LogP contribution in [0.15, 0.2) is 24.3 Å². The van der Waals surface area contributed by atoms with Crippen LogP contribution < -0.4 is 11.1 Å². The number of anilines is 1. The van der Waals surface area contributed by atoms with Crippen molar-refractivity contribution in [1.29, 1.82) is 0 Å². The van der Waals surface area contributed by atoms with Crippen LogP contribution in [-0.2, 0) is 7.05 Å². The van der Waals surface area contributed by atoms with Gasteiger partial charge in [0, 0.05) is 27.8 Å². The summed E-state index contributed by atoms with van der Waals surface area (Å²) in [5, 5.41) is 7.29. The highest BCUT2D eigenvalue weighted by Crippen LogP contribution is 2.44. The van der Waals surface area contributed by atoms with Crippen LogP contribution in [0.3, 0.4) is 0 Å². The van der Waals surface area contributed by atoms with E-state index in [9.17, 15) is 18.4 Å². The van der Waals surface area contributed by atoms with Gasteiger partial charge in [-0.1, -0.05) is 0 Å². The summed E-state index contributed by atoms with van der Waals surface area (Å²) >= 11 is 2.29. The Morgan fingerprint density at radius 1 is 1.19 bits per heavy atom. The summed E-state index contributed by atoms with van der Waals surface area (Å²) in [4.78, 5) is 31.0. The molecule has 0 saturated heterocycles. The van der Waals surface area contributed by atoms with Gasteiger partial charge in [0.1, 0.15) is 21.1 Å². The first kappa shape index (κ1) is 21.1. The lowest BCUT2D eigenvalue weighted by molar-refractivity contribution is 0.100. The smallest absolute Gasteiger partial charge is 0.280 e. The maximum absolute atomic E-state index is 13.5. The van der Waals surface area contributed by atoms with Crippen molar-refractivity contribution < 1.29 is 18.4 Å². The van der Waals surface area contributed by atoms with E-state index in [1.807, 2.05) is 19.1 Å². The van der Waals surface area contributed by atoms with Gasteiger partial charge in [-0.15, -0.1) is 22.7 Å². The quantitative estimate of drug-likeness (QED) is 0.451. The number of thiophene rings is 2. The Kier molecular flexibility index (Phi) is 5.31. The number of nitrogens with one attached hydrogen (secondary N) is 1. The van der Waals surface area contributed by atoms with Crippen LogP contribution in [0.1, 0.15) is 42.9 Å². The predicted octanol–water partition coefficient (Wildman–Crippen LogP) is 4.66. The maximum atomic E-state index is 13.5. The topological polar surface area (TPSA) is 103 Å². The molecule has 7 nitrogen and oxygen atoms in total. The molecule has 3 N–H and O–H groups in total. The van der Waals surface area contributed by atoms with Crippen LogP contribution in [0.2, 0.25) is 0 Å². The minimum Gasteiger partial charge on any atom is -0.365 e. The molecule has 160 valence electrons. The van der Waals surface area contributed by atoms with E-state index in [4.69, 9.17) is 5.73 Å². The van der Waals surface area contributed by atoms with E-state index in [1.54, 1.807) is 20.0 Å². The van der Waals surface area contributed by atoms with Crippen LogP contribution in [0.4, 0.5) is 14.5 Å². The predicted molar refractivity (Wildman–Crippen MR) is 117 cm³/mol. The van der Waals surface area contributed by atoms with E-state index in [0.717, 1.165) is 16.2 Å². The standard InChI is InChI=1S/C20H17F2N5O2S2/c1-8-6-12(27(3)26-8)19(29)25-15-14-10(13-5-4-9(2)30-13)7-11(17(21)22)24-20(14)31-16(15)18(23)28/h4-7,17H,1-3H3,(H2,23,28)(H,25,29). The van der Waals surface area contributed by atoms with Crippen LogP contribution in [-0.4, -0.2) is 26.6 Å². The number of alkyl halides is 2. The van der Waals surface area contributed by atoms with E-state index >= 15 is 0 Å². The van der Waals surface area contributed by atoms with Crippen LogP contribution in [0.25, 0.3) is 20.7 Å². The molecule has 4 aromatic heterocycles. The molecule has 2 amide bonds. The average molecular weight is 462 g/mol. The van der Waals surface area contributed by atoms with Crippen LogP contribution in [0.5, 0.6) is 0 Å². The molecular weight excluding hydrogens is 444 g/mol. The Morgan fingerprint density at radius 2 is 1.94 bits per heavy atom. The van der Waals surface area contributed by atoms with Crippen molar-refractivity contribution in [3.8, 4) is 10.4 Å². The fourth-order valence-corrected chi connectivity index (χ4v) is 5.20. The maximum Gasteiger partial charge on any atom is 0.280 e. The molecule has 0 aliphatic rings. The highest BCUT2D eigenvalue weighted by Gasteiger charge is 2.26. The number of hydrogen-bond donors (Lipinski definition) is 2. The molecule has 0 atom stereocenters. The molecule has 0 radical (unpaired) electrons. The Balaban J connectivity index is 1.96. The van der Waals surface area contributed by atoms with Gasteiger partial charge >= 0.3 is 0 Å². The zero-order chi connectivity index (χ0) is 22.4. The molecule has 0 unspecified atom stereocenters. The molecule has 11 heteroatoms. The molecule has 4 rings (SSSR count). The summed E-state index contributed by atoms with van der Waals surface area (Å²) in [5.74, 6) is -1.29. The van der Waals surface area contributed by atoms with Gasteiger partial charge in [-0.3, -0.25) is 14.3 Å². The summed E-state index contributed by atoms with van der Waals surface area (Å²) in [6.45, 7) is 3.65. The van der Waals surface area contributed by atoms with Gasteiger partial charge in [-0.05, 0) is 38.1 Å². The van der Waals surface area contributed by atoms with Gasteiger partial charge in [-0.25, -0.2) is 13.8 Å². The lowest BCUT2D eigenvalue weighted by atomic mass is 10.1. The average Bonchev–Trinajstić information content (AvgIpc) is 3.38. The number of carbonyl (C=O) groups is 2. The minimum atomic E-state index is -2.79. The third kappa shape index (κ3) is 3.81.